The fourth-order valence-corrected chi connectivity index (χ4v) is 3.07. The maximum atomic E-state index is 3.64. The Morgan fingerprint density at radius 3 is 1.16 bits per heavy atom. The first-order valence-corrected chi connectivity index (χ1v) is 8.48. The summed E-state index contributed by atoms with van der Waals surface area (Å²) in [6, 6.07) is 37.8. The topological polar surface area (TPSA) is 0 Å². The van der Waals surface area contributed by atoms with Gasteiger partial charge < -0.3 is 0 Å². The number of rotatable bonds is 4. The first kappa shape index (κ1) is 15.4. The molecule has 0 saturated heterocycles. The molecule has 0 fully saturated rings. The predicted octanol–water partition coefficient (Wildman–Crippen LogP) is 6.50. The van der Waals surface area contributed by atoms with Gasteiger partial charge in [0.2, 0.25) is 0 Å². The third-order valence-electron chi connectivity index (χ3n) is 4.29. The van der Waals surface area contributed by atoms with E-state index in [2.05, 4.69) is 103 Å². The highest BCUT2D eigenvalue weighted by atomic mass is 14.1. The highest BCUT2D eigenvalue weighted by Gasteiger charge is 2.10. The van der Waals surface area contributed by atoms with Crippen LogP contribution < -0.4 is 0 Å². The summed E-state index contributed by atoms with van der Waals surface area (Å²) in [7, 11) is 0. The van der Waals surface area contributed by atoms with E-state index in [0.29, 0.717) is 0 Å². The molecule has 2 radical (unpaired) electrons. The highest BCUT2D eigenvalue weighted by molar-refractivity contribution is 5.74. The molecule has 118 valence electrons. The van der Waals surface area contributed by atoms with Crippen LogP contribution in [0, 0.1) is 6.42 Å². The van der Waals surface area contributed by atoms with Crippen molar-refractivity contribution in [3.63, 3.8) is 0 Å². The van der Waals surface area contributed by atoms with Crippen LogP contribution in [0.1, 0.15) is 11.1 Å². The fourth-order valence-electron chi connectivity index (χ4n) is 3.07. The van der Waals surface area contributed by atoms with E-state index in [1.165, 1.54) is 22.3 Å². The molecular weight excluding hydrogens is 300 g/mol. The molecule has 0 unspecified atom stereocenters. The Balaban J connectivity index is 1.76. The molecule has 0 bridgehead atoms. The van der Waals surface area contributed by atoms with Crippen LogP contribution in [0.2, 0.25) is 0 Å². The van der Waals surface area contributed by atoms with E-state index in [1.807, 2.05) is 12.1 Å². The van der Waals surface area contributed by atoms with E-state index in [9.17, 15) is 0 Å². The molecule has 4 rings (SSSR count). The van der Waals surface area contributed by atoms with Gasteiger partial charge in [-0.2, -0.15) is 0 Å². The van der Waals surface area contributed by atoms with E-state index < -0.39 is 0 Å². The van der Waals surface area contributed by atoms with Crippen molar-refractivity contribution in [1.29, 1.82) is 0 Å². The van der Waals surface area contributed by atoms with E-state index >= 15 is 0 Å². The molecule has 25 heavy (non-hydrogen) atoms. The summed E-state index contributed by atoms with van der Waals surface area (Å²) in [5, 5.41) is 0. The SMILES string of the molecule is [C](c1ccccc1-c1ccccc1)c1ccccc1-c1ccccc1. The van der Waals surface area contributed by atoms with Crippen molar-refractivity contribution < 1.29 is 0 Å². The Hall–Kier alpha value is -3.12. The first-order chi connectivity index (χ1) is 12.4. The first-order valence-electron chi connectivity index (χ1n) is 8.48. The van der Waals surface area contributed by atoms with Crippen molar-refractivity contribution in [3.05, 3.63) is 127 Å². The Kier molecular flexibility index (Phi) is 4.43. The second-order valence-electron chi connectivity index (χ2n) is 5.95. The molecule has 4 aromatic rings. The second kappa shape index (κ2) is 7.19. The number of hydrogen-bond acceptors (Lipinski definition) is 0. The lowest BCUT2D eigenvalue weighted by molar-refractivity contribution is 1.42. The summed E-state index contributed by atoms with van der Waals surface area (Å²) in [6.07, 6.45) is 3.64. The Morgan fingerprint density at radius 2 is 0.720 bits per heavy atom. The van der Waals surface area contributed by atoms with Gasteiger partial charge in [0.05, 0.1) is 6.42 Å². The predicted molar refractivity (Wildman–Crippen MR) is 105 cm³/mol. The van der Waals surface area contributed by atoms with Crippen LogP contribution in [0.5, 0.6) is 0 Å². The van der Waals surface area contributed by atoms with Gasteiger partial charge in [-0.05, 0) is 33.4 Å². The van der Waals surface area contributed by atoms with Crippen LogP contribution in [0.3, 0.4) is 0 Å². The summed E-state index contributed by atoms with van der Waals surface area (Å²) in [6.45, 7) is 0. The zero-order valence-electron chi connectivity index (χ0n) is 13.9. The molecule has 0 atom stereocenters. The smallest absolute Gasteiger partial charge is 0.0514 e. The summed E-state index contributed by atoms with van der Waals surface area (Å²) >= 11 is 0. The van der Waals surface area contributed by atoms with Crippen molar-refractivity contribution in [1.82, 2.24) is 0 Å². The lowest BCUT2D eigenvalue weighted by Crippen LogP contribution is -1.92. The molecule has 0 N–H and O–H groups in total. The zero-order valence-corrected chi connectivity index (χ0v) is 13.9. The van der Waals surface area contributed by atoms with E-state index in [1.54, 1.807) is 0 Å². The third kappa shape index (κ3) is 3.39. The van der Waals surface area contributed by atoms with Gasteiger partial charge in [-0.15, -0.1) is 0 Å². The molecule has 0 amide bonds. The number of benzene rings is 4. The van der Waals surface area contributed by atoms with Crippen molar-refractivity contribution in [2.75, 3.05) is 0 Å². The van der Waals surface area contributed by atoms with Crippen LogP contribution in [0.4, 0.5) is 0 Å². The maximum Gasteiger partial charge on any atom is 0.0514 e. The normalized spacial score (nSPS) is 10.6. The van der Waals surface area contributed by atoms with Gasteiger partial charge in [-0.25, -0.2) is 0 Å². The second-order valence-corrected chi connectivity index (χ2v) is 5.95. The van der Waals surface area contributed by atoms with Gasteiger partial charge in [0.15, 0.2) is 0 Å². The summed E-state index contributed by atoms with van der Waals surface area (Å²) in [5.41, 5.74) is 7.04. The molecule has 0 aromatic heterocycles. The standard InChI is InChI=1S/C25H18/c1-3-11-20(12-4-1)24-17-9-7-15-22(24)19-23-16-8-10-18-25(23)21-13-5-2-6-14-21/h1-18H. The number of hydrogen-bond donors (Lipinski definition) is 0. The fraction of sp³-hybridized carbons (Fsp3) is 0. The molecule has 0 aliphatic carbocycles. The van der Waals surface area contributed by atoms with Crippen LogP contribution in [-0.2, 0) is 0 Å². The van der Waals surface area contributed by atoms with E-state index in [4.69, 9.17) is 0 Å². The molecule has 0 heteroatoms. The van der Waals surface area contributed by atoms with Crippen LogP contribution in [0.25, 0.3) is 22.3 Å². The summed E-state index contributed by atoms with van der Waals surface area (Å²) < 4.78 is 0. The zero-order chi connectivity index (χ0) is 16.9. The lowest BCUT2D eigenvalue weighted by atomic mass is 9.91. The quantitative estimate of drug-likeness (QED) is 0.403. The van der Waals surface area contributed by atoms with E-state index in [-0.39, 0.29) is 0 Å². The molecule has 0 spiro atoms. The average Bonchev–Trinajstić information content (AvgIpc) is 2.70. The lowest BCUT2D eigenvalue weighted by Gasteiger charge is -2.12. The van der Waals surface area contributed by atoms with Crippen molar-refractivity contribution in [3.8, 4) is 22.3 Å². The van der Waals surface area contributed by atoms with Crippen molar-refractivity contribution in [2.24, 2.45) is 0 Å². The largest absolute Gasteiger partial charge is 0.0622 e. The van der Waals surface area contributed by atoms with Gasteiger partial charge in [-0.3, -0.25) is 0 Å². The van der Waals surface area contributed by atoms with Crippen molar-refractivity contribution >= 4 is 0 Å². The van der Waals surface area contributed by atoms with Gasteiger partial charge in [-0.1, -0.05) is 109 Å². The van der Waals surface area contributed by atoms with Gasteiger partial charge in [0.1, 0.15) is 0 Å². The Bertz CT molecular complexity index is 872. The summed E-state index contributed by atoms with van der Waals surface area (Å²) in [5.74, 6) is 0. The maximum absolute atomic E-state index is 3.64. The average molecular weight is 318 g/mol. The molecule has 0 aliphatic rings. The van der Waals surface area contributed by atoms with Gasteiger partial charge >= 0.3 is 0 Å². The minimum absolute atomic E-state index is 1.11. The summed E-state index contributed by atoms with van der Waals surface area (Å²) in [4.78, 5) is 0. The third-order valence-corrected chi connectivity index (χ3v) is 4.29. The minimum Gasteiger partial charge on any atom is -0.0622 e. The van der Waals surface area contributed by atoms with Crippen LogP contribution >= 0.6 is 0 Å². The monoisotopic (exact) mass is 318 g/mol. The van der Waals surface area contributed by atoms with Gasteiger partial charge in [0.25, 0.3) is 0 Å². The molecule has 0 nitrogen and oxygen atoms in total. The van der Waals surface area contributed by atoms with Gasteiger partial charge in [0, 0.05) is 0 Å². The van der Waals surface area contributed by atoms with E-state index in [0.717, 1.165) is 11.1 Å². The minimum atomic E-state index is 1.11. The highest BCUT2D eigenvalue weighted by Crippen LogP contribution is 2.31. The van der Waals surface area contributed by atoms with Crippen molar-refractivity contribution in [2.45, 2.75) is 0 Å². The van der Waals surface area contributed by atoms with Crippen LogP contribution in [0.15, 0.2) is 109 Å². The molecule has 0 heterocycles. The molecule has 0 saturated carbocycles. The Labute approximate surface area is 149 Å². The Morgan fingerprint density at radius 1 is 0.360 bits per heavy atom. The molecule has 4 aromatic carbocycles. The molecular formula is C25H18. The van der Waals surface area contributed by atoms with Crippen LogP contribution in [-0.4, -0.2) is 0 Å². The molecule has 0 aliphatic heterocycles.